The molecule has 3 aliphatic carbocycles. The number of carbonyl (C=O) groups excluding carboxylic acids is 2. The number of carbonyl (C=O) groups is 2. The normalized spacial score (nSPS) is 29.4. The van der Waals surface area contributed by atoms with Crippen LogP contribution in [0.2, 0.25) is 0 Å². The van der Waals surface area contributed by atoms with Crippen LogP contribution in [0, 0.1) is 17.8 Å². The van der Waals surface area contributed by atoms with E-state index in [2.05, 4.69) is 5.16 Å². The van der Waals surface area contributed by atoms with Crippen LogP contribution in [0.15, 0.2) is 40.3 Å². The van der Waals surface area contributed by atoms with Gasteiger partial charge in [-0.3, -0.25) is 9.59 Å². The molecule has 0 spiro atoms. The number of benzene rings is 1. The number of hydrogen-bond acceptors (Lipinski definition) is 9. The molecular weight excluding hydrogens is 384 g/mol. The average Bonchev–Trinajstić information content (AvgIpc) is 2.60. The molecule has 0 bridgehead atoms. The van der Waals surface area contributed by atoms with Crippen molar-refractivity contribution in [1.82, 2.24) is 0 Å². The summed E-state index contributed by atoms with van der Waals surface area (Å²) in [6, 6.07) is 4.60. The standard InChI is InChI=1S/C19H18N2O8/c20-18(26)13-17(25)14(21-29)8-5-7-4-6-2-1-3-9(22)10(6)15(23)11(7)16(24)12(8)19(13,27)28/h1-3,7-8,12,22-23,25,27-29H,4-5H2,(H2,20,26)/b21-14-. The molecule has 152 valence electrons. The maximum Gasteiger partial charge on any atom is 0.253 e. The van der Waals surface area contributed by atoms with E-state index in [1.54, 1.807) is 12.1 Å². The Balaban J connectivity index is 1.94. The number of aromatic hydroxyl groups is 1. The Hall–Kier alpha value is -3.37. The Labute approximate surface area is 163 Å². The molecule has 1 saturated carbocycles. The van der Waals surface area contributed by atoms with E-state index in [1.807, 2.05) is 0 Å². The van der Waals surface area contributed by atoms with Crippen LogP contribution in [0.4, 0.5) is 0 Å². The lowest BCUT2D eigenvalue weighted by Crippen LogP contribution is -2.59. The molecule has 1 aromatic carbocycles. The molecule has 10 nitrogen and oxygen atoms in total. The van der Waals surface area contributed by atoms with Gasteiger partial charge in [-0.1, -0.05) is 17.3 Å². The first-order valence-corrected chi connectivity index (χ1v) is 8.80. The fraction of sp³-hybridized carbons (Fsp3) is 0.316. The Bertz CT molecular complexity index is 1050. The summed E-state index contributed by atoms with van der Waals surface area (Å²) in [6.45, 7) is 0. The zero-order chi connectivity index (χ0) is 21.2. The molecule has 1 fully saturated rings. The Morgan fingerprint density at radius 3 is 2.48 bits per heavy atom. The number of aliphatic hydroxyl groups is 4. The van der Waals surface area contributed by atoms with Gasteiger partial charge in [0, 0.05) is 11.5 Å². The fourth-order valence-corrected chi connectivity index (χ4v) is 4.82. The smallest absolute Gasteiger partial charge is 0.253 e. The summed E-state index contributed by atoms with van der Waals surface area (Å²) in [6.07, 6.45) is 0.247. The first-order chi connectivity index (χ1) is 13.6. The van der Waals surface area contributed by atoms with Crippen LogP contribution < -0.4 is 5.73 Å². The minimum Gasteiger partial charge on any atom is -0.507 e. The van der Waals surface area contributed by atoms with Crippen molar-refractivity contribution in [3.05, 3.63) is 46.2 Å². The van der Waals surface area contributed by atoms with Crippen LogP contribution in [-0.4, -0.2) is 53.9 Å². The predicted molar refractivity (Wildman–Crippen MR) is 96.7 cm³/mol. The molecule has 8 N–H and O–H groups in total. The van der Waals surface area contributed by atoms with E-state index >= 15 is 0 Å². The quantitative estimate of drug-likeness (QED) is 0.191. The van der Waals surface area contributed by atoms with Gasteiger partial charge in [0.1, 0.15) is 22.8 Å². The molecule has 0 radical (unpaired) electrons. The highest BCUT2D eigenvalue weighted by Crippen LogP contribution is 2.51. The number of phenols is 1. The van der Waals surface area contributed by atoms with E-state index in [9.17, 15) is 40.3 Å². The van der Waals surface area contributed by atoms with Crippen LogP contribution in [0.1, 0.15) is 17.5 Å². The number of rotatable bonds is 1. The van der Waals surface area contributed by atoms with Gasteiger partial charge in [0.25, 0.3) is 5.91 Å². The summed E-state index contributed by atoms with van der Waals surface area (Å²) in [7, 11) is 0. The number of oxime groups is 1. The maximum atomic E-state index is 13.3. The summed E-state index contributed by atoms with van der Waals surface area (Å²) in [5.41, 5.74) is 4.13. The van der Waals surface area contributed by atoms with Crippen molar-refractivity contribution in [2.45, 2.75) is 18.6 Å². The molecule has 0 aromatic heterocycles. The van der Waals surface area contributed by atoms with Crippen molar-refractivity contribution < 1.29 is 40.3 Å². The van der Waals surface area contributed by atoms with E-state index in [4.69, 9.17) is 5.73 Å². The van der Waals surface area contributed by atoms with Crippen LogP contribution in [0.25, 0.3) is 5.76 Å². The third-order valence-electron chi connectivity index (χ3n) is 5.97. The van der Waals surface area contributed by atoms with Gasteiger partial charge < -0.3 is 36.5 Å². The van der Waals surface area contributed by atoms with E-state index in [0.29, 0.717) is 5.56 Å². The second kappa shape index (κ2) is 6.06. The van der Waals surface area contributed by atoms with Crippen molar-refractivity contribution in [2.75, 3.05) is 0 Å². The SMILES string of the molecule is NC(=O)C1=C(O)/C(=N\O)C2CC3Cc4cccc(O)c4C(O)=C3C(=O)C2C1(O)O. The van der Waals surface area contributed by atoms with Gasteiger partial charge in [0.05, 0.1) is 11.5 Å². The Kier molecular flexibility index (Phi) is 3.97. The molecule has 0 heterocycles. The van der Waals surface area contributed by atoms with Crippen LogP contribution in [-0.2, 0) is 16.0 Å². The van der Waals surface area contributed by atoms with E-state index in [0.717, 1.165) is 0 Å². The average molecular weight is 402 g/mol. The molecule has 1 aromatic rings. The van der Waals surface area contributed by atoms with Gasteiger partial charge in [0.2, 0.25) is 5.79 Å². The third-order valence-corrected chi connectivity index (χ3v) is 5.97. The number of fused-ring (bicyclic) bond motifs is 3. The van der Waals surface area contributed by atoms with Gasteiger partial charge in [-0.15, -0.1) is 0 Å². The molecule has 4 rings (SSSR count). The molecule has 29 heavy (non-hydrogen) atoms. The molecule has 0 aliphatic heterocycles. The summed E-state index contributed by atoms with van der Waals surface area (Å²) < 4.78 is 0. The van der Waals surface area contributed by atoms with Crippen LogP contribution in [0.3, 0.4) is 0 Å². The highest BCUT2D eigenvalue weighted by Gasteiger charge is 2.61. The summed E-state index contributed by atoms with van der Waals surface area (Å²) >= 11 is 0. The van der Waals surface area contributed by atoms with Crippen molar-refractivity contribution >= 4 is 23.2 Å². The molecule has 10 heteroatoms. The molecule has 0 saturated heterocycles. The number of Topliss-reactive ketones (excluding diaryl/α,β-unsaturated/α-hetero) is 1. The number of phenolic OH excluding ortho intramolecular Hbond substituents is 1. The lowest BCUT2D eigenvalue weighted by molar-refractivity contribution is -0.189. The first-order valence-electron chi connectivity index (χ1n) is 8.80. The number of nitrogens with zero attached hydrogens (tertiary/aromatic N) is 1. The maximum absolute atomic E-state index is 13.3. The van der Waals surface area contributed by atoms with Crippen molar-refractivity contribution in [2.24, 2.45) is 28.6 Å². The predicted octanol–water partition coefficient (Wildman–Crippen LogP) is -0.139. The summed E-state index contributed by atoms with van der Waals surface area (Å²) in [4.78, 5) is 25.0. The fourth-order valence-electron chi connectivity index (χ4n) is 4.82. The lowest BCUT2D eigenvalue weighted by Gasteiger charge is -2.46. The van der Waals surface area contributed by atoms with E-state index in [-0.39, 0.29) is 29.7 Å². The van der Waals surface area contributed by atoms with Crippen molar-refractivity contribution in [1.29, 1.82) is 0 Å². The van der Waals surface area contributed by atoms with Gasteiger partial charge in [-0.05, 0) is 30.4 Å². The minimum atomic E-state index is -3.15. The zero-order valence-electron chi connectivity index (χ0n) is 14.9. The second-order valence-corrected chi connectivity index (χ2v) is 7.46. The van der Waals surface area contributed by atoms with E-state index in [1.165, 1.54) is 6.07 Å². The number of amides is 1. The number of primary amides is 1. The minimum absolute atomic E-state index is 0.00324. The van der Waals surface area contributed by atoms with Crippen LogP contribution >= 0.6 is 0 Å². The lowest BCUT2D eigenvalue weighted by atomic mass is 9.59. The highest BCUT2D eigenvalue weighted by molar-refractivity contribution is 6.16. The second-order valence-electron chi connectivity index (χ2n) is 7.46. The number of allylic oxidation sites excluding steroid dienone is 2. The Morgan fingerprint density at radius 1 is 1.17 bits per heavy atom. The topological polar surface area (TPSA) is 194 Å². The van der Waals surface area contributed by atoms with Gasteiger partial charge in [-0.2, -0.15) is 0 Å². The van der Waals surface area contributed by atoms with E-state index < -0.39 is 58.0 Å². The van der Waals surface area contributed by atoms with Crippen molar-refractivity contribution in [3.63, 3.8) is 0 Å². The number of ketones is 1. The number of nitrogens with two attached hydrogens (primary N) is 1. The number of hydrogen-bond donors (Lipinski definition) is 7. The van der Waals surface area contributed by atoms with Crippen LogP contribution in [0.5, 0.6) is 5.75 Å². The molecule has 3 unspecified atom stereocenters. The number of aliphatic hydroxyl groups excluding tert-OH is 2. The third kappa shape index (κ3) is 2.39. The van der Waals surface area contributed by atoms with Crippen molar-refractivity contribution in [3.8, 4) is 5.75 Å². The zero-order valence-corrected chi connectivity index (χ0v) is 14.9. The largest absolute Gasteiger partial charge is 0.507 e. The summed E-state index contributed by atoms with van der Waals surface area (Å²) in [5.74, 6) is -10.7. The summed E-state index contributed by atoms with van der Waals surface area (Å²) in [5, 5.41) is 64.6. The molecule has 3 atom stereocenters. The van der Waals surface area contributed by atoms with Gasteiger partial charge >= 0.3 is 0 Å². The molecule has 3 aliphatic rings. The first kappa shape index (κ1) is 19.0. The molecular formula is C19H18N2O8. The Morgan fingerprint density at radius 2 is 1.86 bits per heavy atom. The molecule has 1 amide bonds. The van der Waals surface area contributed by atoms with Gasteiger partial charge in [-0.25, -0.2) is 0 Å². The van der Waals surface area contributed by atoms with Gasteiger partial charge in [0.15, 0.2) is 11.5 Å². The monoisotopic (exact) mass is 402 g/mol. The highest BCUT2D eigenvalue weighted by atomic mass is 16.5.